The summed E-state index contributed by atoms with van der Waals surface area (Å²) in [5.41, 5.74) is 5.62. The number of hydrogen-bond acceptors (Lipinski definition) is 0. The Morgan fingerprint density at radius 3 is 2.36 bits per heavy atom. The average molecular weight is 184 g/mol. The van der Waals surface area contributed by atoms with Gasteiger partial charge in [-0.2, -0.15) is 0 Å². The van der Waals surface area contributed by atoms with Gasteiger partial charge in [-0.05, 0) is 36.5 Å². The summed E-state index contributed by atoms with van der Waals surface area (Å²) in [6.45, 7) is 4.35. The van der Waals surface area contributed by atoms with E-state index in [2.05, 4.69) is 50.3 Å². The van der Waals surface area contributed by atoms with Crippen LogP contribution >= 0.6 is 0 Å². The molecule has 0 bridgehead atoms. The van der Waals surface area contributed by atoms with Gasteiger partial charge in [0.05, 0.1) is 0 Å². The molecule has 1 aromatic rings. The Kier molecular flexibility index (Phi) is 2.53. The van der Waals surface area contributed by atoms with Crippen molar-refractivity contribution in [1.82, 2.24) is 0 Å². The molecule has 0 heteroatoms. The van der Waals surface area contributed by atoms with Crippen LogP contribution in [0.25, 0.3) is 5.57 Å². The number of hydrogen-bond donors (Lipinski definition) is 0. The van der Waals surface area contributed by atoms with Crippen molar-refractivity contribution in [2.45, 2.75) is 26.7 Å². The van der Waals surface area contributed by atoms with Gasteiger partial charge in [-0.3, -0.25) is 0 Å². The zero-order valence-corrected chi connectivity index (χ0v) is 8.88. The smallest absolute Gasteiger partial charge is 0.00857 e. The first-order chi connectivity index (χ1) is 6.79. The predicted molar refractivity (Wildman–Crippen MR) is 62.2 cm³/mol. The SMILES string of the molecule is CCc1ccc(C2=CC(C)=CC2)cc1. The Balaban J connectivity index is 2.23. The van der Waals surface area contributed by atoms with Gasteiger partial charge < -0.3 is 0 Å². The molecule has 0 N–H and O–H groups in total. The van der Waals surface area contributed by atoms with E-state index < -0.39 is 0 Å². The molecule has 0 aromatic heterocycles. The Bertz CT molecular complexity index is 377. The molecule has 1 aliphatic rings. The average Bonchev–Trinajstić information content (AvgIpc) is 2.65. The van der Waals surface area contributed by atoms with Crippen molar-refractivity contribution in [2.75, 3.05) is 0 Å². The van der Waals surface area contributed by atoms with Crippen molar-refractivity contribution < 1.29 is 0 Å². The molecule has 72 valence electrons. The predicted octanol–water partition coefficient (Wildman–Crippen LogP) is 3.98. The molecule has 0 heterocycles. The second kappa shape index (κ2) is 3.83. The van der Waals surface area contributed by atoms with E-state index in [1.54, 1.807) is 0 Å². The number of rotatable bonds is 2. The van der Waals surface area contributed by atoms with Crippen LogP contribution in [0.5, 0.6) is 0 Å². The molecule has 0 unspecified atom stereocenters. The maximum Gasteiger partial charge on any atom is -0.00857 e. The van der Waals surface area contributed by atoms with Gasteiger partial charge >= 0.3 is 0 Å². The van der Waals surface area contributed by atoms with Crippen LogP contribution in [0.4, 0.5) is 0 Å². The van der Waals surface area contributed by atoms with Gasteiger partial charge in [0, 0.05) is 0 Å². The van der Waals surface area contributed by atoms with Crippen LogP contribution in [0.3, 0.4) is 0 Å². The molecule has 0 fully saturated rings. The van der Waals surface area contributed by atoms with E-state index in [-0.39, 0.29) is 0 Å². The zero-order chi connectivity index (χ0) is 9.97. The van der Waals surface area contributed by atoms with Crippen molar-refractivity contribution in [3.63, 3.8) is 0 Å². The third-order valence-corrected chi connectivity index (χ3v) is 2.78. The van der Waals surface area contributed by atoms with Gasteiger partial charge in [0.25, 0.3) is 0 Å². The largest absolute Gasteiger partial charge is 0.0772 e. The Labute approximate surface area is 86.0 Å². The molecule has 0 atom stereocenters. The van der Waals surface area contributed by atoms with Crippen molar-refractivity contribution >= 4 is 5.57 Å². The fraction of sp³-hybridized carbons (Fsp3) is 0.286. The Morgan fingerprint density at radius 1 is 1.14 bits per heavy atom. The summed E-state index contributed by atoms with van der Waals surface area (Å²) >= 11 is 0. The van der Waals surface area contributed by atoms with Crippen LogP contribution in [0.2, 0.25) is 0 Å². The molecule has 2 rings (SSSR count). The van der Waals surface area contributed by atoms with Gasteiger partial charge in [-0.1, -0.05) is 48.9 Å². The fourth-order valence-electron chi connectivity index (χ4n) is 1.82. The summed E-state index contributed by atoms with van der Waals surface area (Å²) in [5, 5.41) is 0. The molecule has 0 amide bonds. The highest BCUT2D eigenvalue weighted by atomic mass is 14.1. The topological polar surface area (TPSA) is 0 Å². The van der Waals surface area contributed by atoms with Gasteiger partial charge in [0.2, 0.25) is 0 Å². The maximum absolute atomic E-state index is 2.28. The van der Waals surface area contributed by atoms with E-state index >= 15 is 0 Å². The van der Waals surface area contributed by atoms with Gasteiger partial charge in [0.15, 0.2) is 0 Å². The quantitative estimate of drug-likeness (QED) is 0.652. The van der Waals surface area contributed by atoms with E-state index in [4.69, 9.17) is 0 Å². The standard InChI is InChI=1S/C14H16/c1-3-12-5-8-13(9-6-12)14-7-4-11(2)10-14/h4-6,8-10H,3,7H2,1-2H3. The Morgan fingerprint density at radius 2 is 1.86 bits per heavy atom. The summed E-state index contributed by atoms with van der Waals surface area (Å²) < 4.78 is 0. The summed E-state index contributed by atoms with van der Waals surface area (Å²) in [6, 6.07) is 8.92. The van der Waals surface area contributed by atoms with Gasteiger partial charge in [-0.25, -0.2) is 0 Å². The molecular formula is C14H16. The van der Waals surface area contributed by atoms with Crippen LogP contribution in [0.15, 0.2) is 42.0 Å². The molecule has 0 aliphatic heterocycles. The van der Waals surface area contributed by atoms with E-state index in [0.29, 0.717) is 0 Å². The summed E-state index contributed by atoms with van der Waals surface area (Å²) in [5.74, 6) is 0. The molecule has 0 nitrogen and oxygen atoms in total. The van der Waals surface area contributed by atoms with Gasteiger partial charge in [-0.15, -0.1) is 0 Å². The third kappa shape index (κ3) is 1.79. The van der Waals surface area contributed by atoms with E-state index in [1.807, 2.05) is 0 Å². The highest BCUT2D eigenvalue weighted by Gasteiger charge is 2.05. The molecule has 0 saturated carbocycles. The monoisotopic (exact) mass is 184 g/mol. The minimum absolute atomic E-state index is 1.09. The summed E-state index contributed by atoms with van der Waals surface area (Å²) in [6.07, 6.45) is 6.78. The zero-order valence-electron chi connectivity index (χ0n) is 8.88. The lowest BCUT2D eigenvalue weighted by Gasteiger charge is -2.03. The lowest BCUT2D eigenvalue weighted by molar-refractivity contribution is 1.14. The summed E-state index contributed by atoms with van der Waals surface area (Å²) in [4.78, 5) is 0. The summed E-state index contributed by atoms with van der Waals surface area (Å²) in [7, 11) is 0. The van der Waals surface area contributed by atoms with E-state index in [1.165, 1.54) is 22.3 Å². The normalized spacial score (nSPS) is 15.3. The second-order valence-electron chi connectivity index (χ2n) is 3.87. The van der Waals surface area contributed by atoms with Crippen molar-refractivity contribution in [3.8, 4) is 0 Å². The number of benzene rings is 1. The number of allylic oxidation sites excluding steroid dienone is 4. The highest BCUT2D eigenvalue weighted by molar-refractivity contribution is 5.72. The van der Waals surface area contributed by atoms with Crippen LogP contribution < -0.4 is 0 Å². The second-order valence-corrected chi connectivity index (χ2v) is 3.87. The van der Waals surface area contributed by atoms with E-state index in [9.17, 15) is 0 Å². The highest BCUT2D eigenvalue weighted by Crippen LogP contribution is 2.26. The molecule has 0 radical (unpaired) electrons. The lowest BCUT2D eigenvalue weighted by Crippen LogP contribution is -1.83. The van der Waals surface area contributed by atoms with Crippen LogP contribution in [-0.2, 0) is 6.42 Å². The minimum Gasteiger partial charge on any atom is -0.0772 e. The molecule has 0 saturated heterocycles. The molecule has 1 aromatic carbocycles. The fourth-order valence-corrected chi connectivity index (χ4v) is 1.82. The molecule has 14 heavy (non-hydrogen) atoms. The molecular weight excluding hydrogens is 168 g/mol. The molecule has 1 aliphatic carbocycles. The first-order valence-electron chi connectivity index (χ1n) is 5.26. The number of aryl methyl sites for hydroxylation is 1. The Hall–Kier alpha value is -1.30. The van der Waals surface area contributed by atoms with Crippen molar-refractivity contribution in [3.05, 3.63) is 53.1 Å². The lowest BCUT2D eigenvalue weighted by atomic mass is 10.0. The van der Waals surface area contributed by atoms with Gasteiger partial charge in [0.1, 0.15) is 0 Å². The first-order valence-corrected chi connectivity index (χ1v) is 5.26. The third-order valence-electron chi connectivity index (χ3n) is 2.78. The first kappa shape index (κ1) is 9.26. The van der Waals surface area contributed by atoms with Crippen LogP contribution in [-0.4, -0.2) is 0 Å². The van der Waals surface area contributed by atoms with Crippen molar-refractivity contribution in [1.29, 1.82) is 0 Å². The van der Waals surface area contributed by atoms with Crippen LogP contribution in [0.1, 0.15) is 31.4 Å². The van der Waals surface area contributed by atoms with E-state index in [0.717, 1.165) is 12.8 Å². The van der Waals surface area contributed by atoms with Crippen LogP contribution in [0, 0.1) is 0 Å². The molecule has 0 spiro atoms. The van der Waals surface area contributed by atoms with Crippen molar-refractivity contribution in [2.24, 2.45) is 0 Å². The maximum atomic E-state index is 2.28. The minimum atomic E-state index is 1.09.